The molecule has 0 bridgehead atoms. The van der Waals surface area contributed by atoms with Crippen molar-refractivity contribution in [3.05, 3.63) is 42.0 Å². The Hall–Kier alpha value is -1.61. The first-order valence-electron chi connectivity index (χ1n) is 4.69. The summed E-state index contributed by atoms with van der Waals surface area (Å²) in [5.74, 6) is -0.609. The fourth-order valence-electron chi connectivity index (χ4n) is 1.03. The van der Waals surface area contributed by atoms with Crippen LogP contribution in [0.4, 0.5) is 0 Å². The molecule has 0 radical (unpaired) electrons. The van der Waals surface area contributed by atoms with E-state index in [4.69, 9.17) is 9.84 Å². The van der Waals surface area contributed by atoms with Gasteiger partial charge in [-0.3, -0.25) is 0 Å². The molecule has 0 fully saturated rings. The average Bonchev–Trinajstić information content (AvgIpc) is 2.26. The molecule has 1 unspecified atom stereocenters. The first-order chi connectivity index (χ1) is 7.13. The highest BCUT2D eigenvalue weighted by Crippen LogP contribution is 2.07. The predicted molar refractivity (Wildman–Crippen MR) is 58.0 cm³/mol. The lowest BCUT2D eigenvalue weighted by Crippen LogP contribution is -2.18. The molecular formula is C12H14O3. The Kier molecular flexibility index (Phi) is 4.06. The number of aliphatic hydroxyl groups excluding tert-OH is 1. The Labute approximate surface area is 89.0 Å². The highest BCUT2D eigenvalue weighted by Gasteiger charge is 2.09. The Morgan fingerprint density at radius 2 is 2.13 bits per heavy atom. The summed E-state index contributed by atoms with van der Waals surface area (Å²) in [7, 11) is 0. The van der Waals surface area contributed by atoms with E-state index in [9.17, 15) is 4.79 Å². The topological polar surface area (TPSA) is 46.5 Å². The molecule has 0 saturated carbocycles. The second-order valence-corrected chi connectivity index (χ2v) is 3.23. The van der Waals surface area contributed by atoms with Crippen molar-refractivity contribution < 1.29 is 14.6 Å². The average molecular weight is 206 g/mol. The number of aliphatic hydroxyl groups is 1. The van der Waals surface area contributed by atoms with Crippen molar-refractivity contribution in [2.75, 3.05) is 0 Å². The van der Waals surface area contributed by atoms with E-state index in [0.717, 1.165) is 11.1 Å². The molecule has 0 aliphatic carbocycles. The summed E-state index contributed by atoms with van der Waals surface area (Å²) >= 11 is 0. The number of esters is 1. The number of hydrogen-bond acceptors (Lipinski definition) is 3. The summed E-state index contributed by atoms with van der Waals surface area (Å²) in [5.41, 5.74) is 1.90. The second kappa shape index (κ2) is 5.32. The first-order valence-corrected chi connectivity index (χ1v) is 4.69. The van der Waals surface area contributed by atoms with Crippen LogP contribution in [0, 0.1) is 0 Å². The van der Waals surface area contributed by atoms with Gasteiger partial charge in [-0.25, -0.2) is 4.79 Å². The summed E-state index contributed by atoms with van der Waals surface area (Å²) in [5, 5.41) is 8.89. The van der Waals surface area contributed by atoms with Gasteiger partial charge in [-0.1, -0.05) is 36.9 Å². The lowest BCUT2D eigenvalue weighted by Gasteiger charge is -2.06. The van der Waals surface area contributed by atoms with Crippen LogP contribution in [0.25, 0.3) is 6.08 Å². The van der Waals surface area contributed by atoms with Crippen LogP contribution in [0.15, 0.2) is 30.8 Å². The van der Waals surface area contributed by atoms with E-state index in [1.807, 2.05) is 24.3 Å². The summed E-state index contributed by atoms with van der Waals surface area (Å²) in [6.45, 7) is 5.20. The number of ether oxygens (including phenoxy) is 1. The molecule has 3 nitrogen and oxygen atoms in total. The minimum atomic E-state index is -1.07. The molecule has 0 heterocycles. The third kappa shape index (κ3) is 3.56. The molecule has 0 saturated heterocycles. The van der Waals surface area contributed by atoms with Crippen molar-refractivity contribution >= 4 is 12.0 Å². The van der Waals surface area contributed by atoms with Gasteiger partial charge >= 0.3 is 5.97 Å². The van der Waals surface area contributed by atoms with Gasteiger partial charge in [-0.05, 0) is 18.1 Å². The van der Waals surface area contributed by atoms with Crippen LogP contribution < -0.4 is 0 Å². The monoisotopic (exact) mass is 206 g/mol. The van der Waals surface area contributed by atoms with Gasteiger partial charge in [0.05, 0.1) is 0 Å². The van der Waals surface area contributed by atoms with E-state index < -0.39 is 12.1 Å². The van der Waals surface area contributed by atoms with Crippen molar-refractivity contribution in [1.29, 1.82) is 0 Å². The van der Waals surface area contributed by atoms with E-state index in [0.29, 0.717) is 0 Å². The molecule has 1 atom stereocenters. The summed E-state index contributed by atoms with van der Waals surface area (Å²) < 4.78 is 4.85. The zero-order valence-corrected chi connectivity index (χ0v) is 8.64. The molecule has 15 heavy (non-hydrogen) atoms. The molecule has 1 rings (SSSR count). The van der Waals surface area contributed by atoms with Crippen molar-refractivity contribution in [1.82, 2.24) is 0 Å². The van der Waals surface area contributed by atoms with Gasteiger partial charge in [-0.2, -0.15) is 0 Å². The molecule has 1 aromatic carbocycles. The number of carbonyl (C=O) groups is 1. The van der Waals surface area contributed by atoms with Crippen LogP contribution in [0.2, 0.25) is 0 Å². The van der Waals surface area contributed by atoms with Gasteiger partial charge < -0.3 is 9.84 Å². The summed E-state index contributed by atoms with van der Waals surface area (Å²) in [4.78, 5) is 11.0. The summed E-state index contributed by atoms with van der Waals surface area (Å²) in [6.07, 6.45) is 0.670. The van der Waals surface area contributed by atoms with Gasteiger partial charge in [0.25, 0.3) is 0 Å². The minimum Gasteiger partial charge on any atom is -0.459 e. The Balaban J connectivity index is 2.51. The molecular weight excluding hydrogens is 192 g/mol. The number of rotatable bonds is 4. The molecule has 0 aliphatic heterocycles. The van der Waals surface area contributed by atoms with E-state index in [1.54, 1.807) is 6.08 Å². The Morgan fingerprint density at radius 3 is 2.60 bits per heavy atom. The first kappa shape index (κ1) is 11.5. The van der Waals surface area contributed by atoms with Gasteiger partial charge in [0, 0.05) is 0 Å². The molecule has 0 spiro atoms. The molecule has 0 aromatic heterocycles. The zero-order chi connectivity index (χ0) is 11.3. The SMILES string of the molecule is C=Cc1ccc(COC(=O)C(C)O)cc1. The molecule has 1 N–H and O–H groups in total. The number of hydrogen-bond donors (Lipinski definition) is 1. The van der Waals surface area contributed by atoms with Gasteiger partial charge in [-0.15, -0.1) is 0 Å². The van der Waals surface area contributed by atoms with E-state index >= 15 is 0 Å². The largest absolute Gasteiger partial charge is 0.459 e. The lowest BCUT2D eigenvalue weighted by molar-refractivity contribution is -0.153. The zero-order valence-electron chi connectivity index (χ0n) is 8.64. The number of carbonyl (C=O) groups excluding carboxylic acids is 1. The fraction of sp³-hybridized carbons (Fsp3) is 0.250. The van der Waals surface area contributed by atoms with Crippen LogP contribution >= 0.6 is 0 Å². The quantitative estimate of drug-likeness (QED) is 0.763. The maximum Gasteiger partial charge on any atom is 0.334 e. The number of benzene rings is 1. The van der Waals surface area contributed by atoms with E-state index in [-0.39, 0.29) is 6.61 Å². The van der Waals surface area contributed by atoms with Crippen molar-refractivity contribution in [2.24, 2.45) is 0 Å². The smallest absolute Gasteiger partial charge is 0.334 e. The molecule has 80 valence electrons. The second-order valence-electron chi connectivity index (χ2n) is 3.23. The molecule has 0 aliphatic rings. The van der Waals surface area contributed by atoms with E-state index in [2.05, 4.69) is 6.58 Å². The maximum atomic E-state index is 11.0. The molecule has 3 heteroatoms. The normalized spacial score (nSPS) is 11.9. The third-order valence-electron chi connectivity index (χ3n) is 1.94. The fourth-order valence-corrected chi connectivity index (χ4v) is 1.03. The van der Waals surface area contributed by atoms with Crippen LogP contribution in [0.3, 0.4) is 0 Å². The predicted octanol–water partition coefficient (Wildman–Crippen LogP) is 1.75. The van der Waals surface area contributed by atoms with Crippen LogP contribution in [0.5, 0.6) is 0 Å². The molecule has 1 aromatic rings. The van der Waals surface area contributed by atoms with Crippen LogP contribution in [-0.4, -0.2) is 17.2 Å². The van der Waals surface area contributed by atoms with Crippen LogP contribution in [0.1, 0.15) is 18.1 Å². The van der Waals surface area contributed by atoms with Gasteiger partial charge in [0.15, 0.2) is 0 Å². The van der Waals surface area contributed by atoms with Crippen molar-refractivity contribution in [3.63, 3.8) is 0 Å². The lowest BCUT2D eigenvalue weighted by atomic mass is 10.1. The van der Waals surface area contributed by atoms with Crippen molar-refractivity contribution in [2.45, 2.75) is 19.6 Å². The van der Waals surface area contributed by atoms with Gasteiger partial charge in [0.2, 0.25) is 0 Å². The highest BCUT2D eigenvalue weighted by molar-refractivity contribution is 5.73. The van der Waals surface area contributed by atoms with E-state index in [1.165, 1.54) is 6.92 Å². The minimum absolute atomic E-state index is 0.182. The van der Waals surface area contributed by atoms with Crippen LogP contribution in [-0.2, 0) is 16.1 Å². The van der Waals surface area contributed by atoms with Crippen molar-refractivity contribution in [3.8, 4) is 0 Å². The summed E-state index contributed by atoms with van der Waals surface area (Å²) in [6, 6.07) is 7.48. The van der Waals surface area contributed by atoms with Gasteiger partial charge in [0.1, 0.15) is 12.7 Å². The standard InChI is InChI=1S/C12H14O3/c1-3-10-4-6-11(7-5-10)8-15-12(14)9(2)13/h3-7,9,13H,1,8H2,2H3. The molecule has 0 amide bonds. The third-order valence-corrected chi connectivity index (χ3v) is 1.94. The highest BCUT2D eigenvalue weighted by atomic mass is 16.5. The Morgan fingerprint density at radius 1 is 1.53 bits per heavy atom. The Bertz CT molecular complexity index is 338. The maximum absolute atomic E-state index is 11.0.